The van der Waals surface area contributed by atoms with Crippen LogP contribution >= 0.6 is 0 Å². The minimum Gasteiger partial charge on any atom is -0.385 e. The zero-order chi connectivity index (χ0) is 18.6. The predicted molar refractivity (Wildman–Crippen MR) is 103 cm³/mol. The number of rotatable bonds is 6. The van der Waals surface area contributed by atoms with Crippen molar-refractivity contribution in [3.63, 3.8) is 0 Å². The van der Waals surface area contributed by atoms with Crippen LogP contribution in [0.1, 0.15) is 32.1 Å². The standard InChI is InChI=1S/C19H31N5O2/c1-22(2)17-18(21-10-9-20-17)24-11-4-7-19(15-24)8-6-16(25)23(14-19)12-5-13-26-3/h9-10H,4-8,11-15H2,1-3H3. The lowest BCUT2D eigenvalue weighted by atomic mass is 9.73. The van der Waals surface area contributed by atoms with Crippen LogP contribution in [0.25, 0.3) is 0 Å². The van der Waals surface area contributed by atoms with Crippen LogP contribution in [0, 0.1) is 5.41 Å². The van der Waals surface area contributed by atoms with E-state index in [0.29, 0.717) is 13.0 Å². The summed E-state index contributed by atoms with van der Waals surface area (Å²) in [5, 5.41) is 0. The maximum absolute atomic E-state index is 12.4. The van der Waals surface area contributed by atoms with Crippen LogP contribution in [0.3, 0.4) is 0 Å². The monoisotopic (exact) mass is 361 g/mol. The zero-order valence-corrected chi connectivity index (χ0v) is 16.3. The van der Waals surface area contributed by atoms with Gasteiger partial charge in [0.15, 0.2) is 11.6 Å². The molecule has 2 saturated heterocycles. The molecule has 1 aromatic rings. The summed E-state index contributed by atoms with van der Waals surface area (Å²) in [7, 11) is 5.72. The molecule has 1 amide bonds. The second-order valence-electron chi connectivity index (χ2n) is 7.78. The Kier molecular flexibility index (Phi) is 5.96. The number of hydrogen-bond acceptors (Lipinski definition) is 6. The maximum Gasteiger partial charge on any atom is 0.222 e. The molecule has 0 aliphatic carbocycles. The topological polar surface area (TPSA) is 61.8 Å². The molecular formula is C19H31N5O2. The van der Waals surface area contributed by atoms with Crippen LogP contribution in [0.15, 0.2) is 12.4 Å². The zero-order valence-electron chi connectivity index (χ0n) is 16.3. The third-order valence-corrected chi connectivity index (χ3v) is 5.57. The molecule has 7 nitrogen and oxygen atoms in total. The lowest BCUT2D eigenvalue weighted by molar-refractivity contribution is -0.138. The molecule has 0 saturated carbocycles. The van der Waals surface area contributed by atoms with E-state index in [2.05, 4.69) is 19.8 Å². The molecule has 0 radical (unpaired) electrons. The van der Waals surface area contributed by atoms with E-state index in [1.165, 1.54) is 6.42 Å². The Morgan fingerprint density at radius 3 is 2.81 bits per heavy atom. The first-order valence-corrected chi connectivity index (χ1v) is 9.55. The largest absolute Gasteiger partial charge is 0.385 e. The number of carbonyl (C=O) groups excluding carboxylic acids is 1. The predicted octanol–water partition coefficient (Wildman–Crippen LogP) is 1.79. The number of likely N-dealkylation sites (tertiary alicyclic amines) is 1. The molecule has 26 heavy (non-hydrogen) atoms. The van der Waals surface area contributed by atoms with Crippen molar-refractivity contribution in [1.82, 2.24) is 14.9 Å². The molecule has 0 N–H and O–H groups in total. The first-order chi connectivity index (χ1) is 12.5. The Bertz CT molecular complexity index is 624. The summed E-state index contributed by atoms with van der Waals surface area (Å²) in [6.07, 6.45) is 8.35. The smallest absolute Gasteiger partial charge is 0.222 e. The highest BCUT2D eigenvalue weighted by atomic mass is 16.5. The van der Waals surface area contributed by atoms with Crippen molar-refractivity contribution >= 4 is 17.5 Å². The van der Waals surface area contributed by atoms with Gasteiger partial charge in [-0.1, -0.05) is 0 Å². The lowest BCUT2D eigenvalue weighted by Gasteiger charge is -2.48. The van der Waals surface area contributed by atoms with Crippen molar-refractivity contribution in [2.75, 3.05) is 63.8 Å². The molecular weight excluding hydrogens is 330 g/mol. The van der Waals surface area contributed by atoms with E-state index in [0.717, 1.165) is 57.1 Å². The third-order valence-electron chi connectivity index (χ3n) is 5.57. The van der Waals surface area contributed by atoms with Crippen LogP contribution in [0.4, 0.5) is 11.6 Å². The summed E-state index contributed by atoms with van der Waals surface area (Å²) < 4.78 is 5.15. The molecule has 2 aliphatic rings. The number of carbonyl (C=O) groups is 1. The number of amides is 1. The minimum atomic E-state index is 0.167. The molecule has 2 fully saturated rings. The SMILES string of the molecule is COCCCN1CC2(CCCN(c3nccnc3N(C)C)C2)CCC1=O. The van der Waals surface area contributed by atoms with Gasteiger partial charge in [-0.3, -0.25) is 4.79 Å². The lowest BCUT2D eigenvalue weighted by Crippen LogP contribution is -2.54. The molecule has 3 heterocycles. The minimum absolute atomic E-state index is 0.167. The highest BCUT2D eigenvalue weighted by Crippen LogP contribution is 2.41. The van der Waals surface area contributed by atoms with Gasteiger partial charge >= 0.3 is 0 Å². The van der Waals surface area contributed by atoms with Gasteiger partial charge in [-0.05, 0) is 25.7 Å². The number of ether oxygens (including phenoxy) is 1. The Morgan fingerprint density at radius 1 is 1.23 bits per heavy atom. The van der Waals surface area contributed by atoms with E-state index in [1.807, 2.05) is 19.0 Å². The Hall–Kier alpha value is -1.89. The van der Waals surface area contributed by atoms with Gasteiger partial charge in [0.1, 0.15) is 0 Å². The second kappa shape index (κ2) is 8.20. The number of anilines is 2. The summed E-state index contributed by atoms with van der Waals surface area (Å²) in [4.78, 5) is 27.9. The van der Waals surface area contributed by atoms with Gasteiger partial charge in [-0.2, -0.15) is 0 Å². The first-order valence-electron chi connectivity index (χ1n) is 9.55. The van der Waals surface area contributed by atoms with E-state index >= 15 is 0 Å². The van der Waals surface area contributed by atoms with Crippen molar-refractivity contribution in [2.45, 2.75) is 32.1 Å². The van der Waals surface area contributed by atoms with E-state index in [9.17, 15) is 4.79 Å². The molecule has 1 aromatic heterocycles. The Morgan fingerprint density at radius 2 is 2.04 bits per heavy atom. The highest BCUT2D eigenvalue weighted by molar-refractivity contribution is 5.77. The number of piperidine rings is 2. The summed E-state index contributed by atoms with van der Waals surface area (Å²) in [5.41, 5.74) is 0.167. The van der Waals surface area contributed by atoms with Crippen LogP contribution in [-0.4, -0.2) is 74.8 Å². The van der Waals surface area contributed by atoms with Crippen LogP contribution in [0.2, 0.25) is 0 Å². The Labute approximate surface area is 156 Å². The molecule has 1 atom stereocenters. The fourth-order valence-electron chi connectivity index (χ4n) is 4.29. The maximum atomic E-state index is 12.4. The van der Waals surface area contributed by atoms with Crippen molar-refractivity contribution < 1.29 is 9.53 Å². The van der Waals surface area contributed by atoms with E-state index in [1.54, 1.807) is 19.5 Å². The molecule has 2 aliphatic heterocycles. The quantitative estimate of drug-likeness (QED) is 0.720. The van der Waals surface area contributed by atoms with Crippen molar-refractivity contribution in [3.05, 3.63) is 12.4 Å². The summed E-state index contributed by atoms with van der Waals surface area (Å²) in [6.45, 7) is 4.29. The van der Waals surface area contributed by atoms with E-state index < -0.39 is 0 Å². The fourth-order valence-corrected chi connectivity index (χ4v) is 4.29. The number of aromatic nitrogens is 2. The van der Waals surface area contributed by atoms with Gasteiger partial charge in [0, 0.05) is 78.2 Å². The average Bonchev–Trinajstić information content (AvgIpc) is 2.65. The van der Waals surface area contributed by atoms with Gasteiger partial charge in [0.2, 0.25) is 5.91 Å². The van der Waals surface area contributed by atoms with Crippen LogP contribution in [-0.2, 0) is 9.53 Å². The Balaban J connectivity index is 1.74. The molecule has 0 bridgehead atoms. The van der Waals surface area contributed by atoms with Crippen molar-refractivity contribution in [3.8, 4) is 0 Å². The van der Waals surface area contributed by atoms with Crippen LogP contribution < -0.4 is 9.80 Å². The van der Waals surface area contributed by atoms with Crippen molar-refractivity contribution in [2.24, 2.45) is 5.41 Å². The van der Waals surface area contributed by atoms with E-state index in [-0.39, 0.29) is 11.3 Å². The number of methoxy groups -OCH3 is 1. The van der Waals surface area contributed by atoms with Crippen LogP contribution in [0.5, 0.6) is 0 Å². The summed E-state index contributed by atoms with van der Waals surface area (Å²) >= 11 is 0. The molecule has 7 heteroatoms. The second-order valence-corrected chi connectivity index (χ2v) is 7.78. The van der Waals surface area contributed by atoms with Gasteiger partial charge in [0.05, 0.1) is 0 Å². The number of hydrogen-bond donors (Lipinski definition) is 0. The molecule has 1 spiro atoms. The van der Waals surface area contributed by atoms with Gasteiger partial charge < -0.3 is 19.4 Å². The summed E-state index contributed by atoms with van der Waals surface area (Å²) in [6, 6.07) is 0. The third kappa shape index (κ3) is 4.09. The van der Waals surface area contributed by atoms with Gasteiger partial charge in [-0.15, -0.1) is 0 Å². The average molecular weight is 361 g/mol. The summed E-state index contributed by atoms with van der Waals surface area (Å²) in [5.74, 6) is 2.16. The molecule has 144 valence electrons. The number of nitrogens with zero attached hydrogens (tertiary/aromatic N) is 5. The van der Waals surface area contributed by atoms with Gasteiger partial charge in [-0.25, -0.2) is 9.97 Å². The van der Waals surface area contributed by atoms with Crippen molar-refractivity contribution in [1.29, 1.82) is 0 Å². The fraction of sp³-hybridized carbons (Fsp3) is 0.737. The molecule has 0 aromatic carbocycles. The van der Waals surface area contributed by atoms with Gasteiger partial charge in [0.25, 0.3) is 0 Å². The highest BCUT2D eigenvalue weighted by Gasteiger charge is 2.42. The molecule has 1 unspecified atom stereocenters. The van der Waals surface area contributed by atoms with E-state index in [4.69, 9.17) is 4.74 Å². The normalized spacial score (nSPS) is 23.6. The first kappa shape index (κ1) is 18.9. The molecule has 3 rings (SSSR count).